The molecule has 0 saturated carbocycles. The summed E-state index contributed by atoms with van der Waals surface area (Å²) in [6, 6.07) is 6.81. The minimum Gasteiger partial charge on any atom is -0.507 e. The molecule has 160 valence electrons. The van der Waals surface area contributed by atoms with Crippen LogP contribution in [0, 0.1) is 5.82 Å². The van der Waals surface area contributed by atoms with Crippen molar-refractivity contribution < 1.29 is 23.8 Å². The van der Waals surface area contributed by atoms with Crippen molar-refractivity contribution in [1.29, 1.82) is 0 Å². The van der Waals surface area contributed by atoms with E-state index in [1.165, 1.54) is 35.5 Å². The third kappa shape index (κ3) is 3.96. The second-order valence-corrected chi connectivity index (χ2v) is 7.99. The summed E-state index contributed by atoms with van der Waals surface area (Å²) < 4.78 is 21.0. The molecule has 3 aromatic rings. The van der Waals surface area contributed by atoms with Crippen molar-refractivity contribution in [2.75, 3.05) is 13.7 Å². The van der Waals surface area contributed by atoms with E-state index in [9.17, 15) is 19.1 Å². The van der Waals surface area contributed by atoms with Crippen molar-refractivity contribution in [3.8, 4) is 5.75 Å². The minimum atomic E-state index is -0.783. The first-order chi connectivity index (χ1) is 15.0. The molecule has 1 aromatic carbocycles. The standard InChI is InChI=1S/C22H20FN3O4S/c1-30-16-6-5-14(12-15(16)23)20(27)18-19(17-4-2-11-31-17)26(22(29)21(18)28)9-3-8-25-10-7-24-13-25/h2,4-7,10-13,19,27H,3,8-9H2,1H3/b20-18+. The molecule has 0 spiro atoms. The third-order valence-corrected chi connectivity index (χ3v) is 6.08. The van der Waals surface area contributed by atoms with Crippen LogP contribution in [0.4, 0.5) is 4.39 Å². The number of ether oxygens (including phenoxy) is 1. The van der Waals surface area contributed by atoms with Crippen molar-refractivity contribution >= 4 is 28.8 Å². The van der Waals surface area contributed by atoms with Crippen molar-refractivity contribution in [3.63, 3.8) is 0 Å². The summed E-state index contributed by atoms with van der Waals surface area (Å²) in [6.07, 6.45) is 5.78. The average molecular weight is 441 g/mol. The molecular weight excluding hydrogens is 421 g/mol. The van der Waals surface area contributed by atoms with E-state index >= 15 is 0 Å². The van der Waals surface area contributed by atoms with Crippen LogP contribution in [0.25, 0.3) is 5.76 Å². The fourth-order valence-electron chi connectivity index (χ4n) is 3.67. The number of methoxy groups -OCH3 is 1. The lowest BCUT2D eigenvalue weighted by Gasteiger charge is -2.24. The van der Waals surface area contributed by atoms with E-state index in [1.807, 2.05) is 28.3 Å². The molecule has 9 heteroatoms. The first-order valence-electron chi connectivity index (χ1n) is 9.62. The van der Waals surface area contributed by atoms with Crippen LogP contribution in [-0.4, -0.2) is 44.9 Å². The molecule has 1 aliphatic heterocycles. The largest absolute Gasteiger partial charge is 0.507 e. The lowest BCUT2D eigenvalue weighted by molar-refractivity contribution is -0.139. The lowest BCUT2D eigenvalue weighted by Crippen LogP contribution is -2.31. The van der Waals surface area contributed by atoms with E-state index in [1.54, 1.807) is 12.5 Å². The van der Waals surface area contributed by atoms with E-state index in [0.29, 0.717) is 19.5 Å². The van der Waals surface area contributed by atoms with Crippen molar-refractivity contribution in [1.82, 2.24) is 14.5 Å². The van der Waals surface area contributed by atoms with Crippen LogP contribution in [0.2, 0.25) is 0 Å². The molecular formula is C22H20FN3O4S. The molecule has 31 heavy (non-hydrogen) atoms. The number of aliphatic hydroxyl groups is 1. The zero-order valence-electron chi connectivity index (χ0n) is 16.7. The number of imidazole rings is 1. The number of aryl methyl sites for hydroxylation is 1. The maximum absolute atomic E-state index is 14.2. The summed E-state index contributed by atoms with van der Waals surface area (Å²) in [5.41, 5.74) is 0.0657. The molecule has 1 saturated heterocycles. The molecule has 0 bridgehead atoms. The number of hydrogen-bond acceptors (Lipinski definition) is 6. The first kappa shape index (κ1) is 20.8. The van der Waals surface area contributed by atoms with Gasteiger partial charge >= 0.3 is 0 Å². The second-order valence-electron chi connectivity index (χ2n) is 7.01. The Labute approximate surface area is 182 Å². The fraction of sp³-hybridized carbons (Fsp3) is 0.227. The molecule has 7 nitrogen and oxygen atoms in total. The number of likely N-dealkylation sites (tertiary alicyclic amines) is 1. The highest BCUT2D eigenvalue weighted by molar-refractivity contribution is 7.10. The number of nitrogens with zero attached hydrogens (tertiary/aromatic N) is 3. The van der Waals surface area contributed by atoms with Crippen LogP contribution in [-0.2, 0) is 16.1 Å². The van der Waals surface area contributed by atoms with Crippen LogP contribution >= 0.6 is 11.3 Å². The van der Waals surface area contributed by atoms with Crippen molar-refractivity contribution in [3.05, 3.63) is 76.3 Å². The lowest BCUT2D eigenvalue weighted by atomic mass is 9.99. The Hall–Kier alpha value is -3.46. The Kier molecular flexibility index (Phi) is 5.85. The van der Waals surface area contributed by atoms with E-state index in [4.69, 9.17) is 4.74 Å². The number of rotatable bonds is 7. The van der Waals surface area contributed by atoms with E-state index in [0.717, 1.165) is 10.9 Å². The zero-order valence-corrected chi connectivity index (χ0v) is 17.5. The van der Waals surface area contributed by atoms with E-state index in [2.05, 4.69) is 4.98 Å². The molecule has 1 N–H and O–H groups in total. The Morgan fingerprint density at radius 2 is 2.13 bits per heavy atom. The van der Waals surface area contributed by atoms with Crippen LogP contribution in [0.15, 0.2) is 60.0 Å². The number of ketones is 1. The van der Waals surface area contributed by atoms with Crippen LogP contribution < -0.4 is 4.74 Å². The Balaban J connectivity index is 1.70. The fourth-order valence-corrected chi connectivity index (χ4v) is 4.51. The molecule has 2 aromatic heterocycles. The molecule has 1 fully saturated rings. The van der Waals surface area contributed by atoms with Gasteiger partial charge in [-0.05, 0) is 36.1 Å². The monoisotopic (exact) mass is 441 g/mol. The predicted octanol–water partition coefficient (Wildman–Crippen LogP) is 3.60. The van der Waals surface area contributed by atoms with Crippen LogP contribution in [0.1, 0.15) is 22.9 Å². The highest BCUT2D eigenvalue weighted by Gasteiger charge is 2.46. The summed E-state index contributed by atoms with van der Waals surface area (Å²) in [7, 11) is 1.34. The molecule has 0 radical (unpaired) electrons. The Morgan fingerprint density at radius 3 is 2.77 bits per heavy atom. The van der Waals surface area contributed by atoms with E-state index in [-0.39, 0.29) is 16.9 Å². The number of amides is 1. The maximum Gasteiger partial charge on any atom is 0.295 e. The Morgan fingerprint density at radius 1 is 1.29 bits per heavy atom. The van der Waals surface area contributed by atoms with Gasteiger partial charge in [-0.1, -0.05) is 6.07 Å². The molecule has 1 unspecified atom stereocenters. The van der Waals surface area contributed by atoms with Gasteiger partial charge in [0.15, 0.2) is 11.6 Å². The van der Waals surface area contributed by atoms with Gasteiger partial charge in [-0.25, -0.2) is 9.37 Å². The minimum absolute atomic E-state index is 0.0197. The molecule has 1 atom stereocenters. The molecule has 1 aliphatic rings. The quantitative estimate of drug-likeness (QED) is 0.344. The molecule has 1 amide bonds. The SMILES string of the molecule is COc1ccc(/C(O)=C2\C(=O)C(=O)N(CCCn3ccnc3)C2c2cccs2)cc1F. The van der Waals surface area contributed by atoms with Gasteiger partial charge in [0.2, 0.25) is 0 Å². The summed E-state index contributed by atoms with van der Waals surface area (Å²) in [5, 5.41) is 12.8. The summed E-state index contributed by atoms with van der Waals surface area (Å²) >= 11 is 1.38. The predicted molar refractivity (Wildman–Crippen MR) is 113 cm³/mol. The first-order valence-corrected chi connectivity index (χ1v) is 10.5. The number of thiophene rings is 1. The number of halogens is 1. The number of Topliss-reactive ketones (excluding diaryl/α,β-unsaturated/α-hetero) is 1. The Bertz CT molecular complexity index is 1130. The number of benzene rings is 1. The molecule has 4 rings (SSSR count). The van der Waals surface area contributed by atoms with Gasteiger partial charge in [-0.3, -0.25) is 9.59 Å². The summed E-state index contributed by atoms with van der Waals surface area (Å²) in [5.74, 6) is -2.52. The molecule has 0 aliphatic carbocycles. The van der Waals surface area contributed by atoms with E-state index < -0.39 is 29.3 Å². The van der Waals surface area contributed by atoms with Gasteiger partial charge in [0, 0.05) is 35.9 Å². The van der Waals surface area contributed by atoms with Gasteiger partial charge in [0.1, 0.15) is 5.76 Å². The van der Waals surface area contributed by atoms with Crippen molar-refractivity contribution in [2.45, 2.75) is 19.0 Å². The van der Waals surface area contributed by atoms with Gasteiger partial charge in [0.25, 0.3) is 11.7 Å². The van der Waals surface area contributed by atoms with Gasteiger partial charge in [0.05, 0.1) is 25.1 Å². The van der Waals surface area contributed by atoms with Gasteiger partial charge < -0.3 is 19.3 Å². The van der Waals surface area contributed by atoms with Crippen LogP contribution in [0.5, 0.6) is 5.75 Å². The number of aliphatic hydroxyl groups excluding tert-OH is 1. The topological polar surface area (TPSA) is 84.7 Å². The zero-order chi connectivity index (χ0) is 22.0. The number of carbonyl (C=O) groups excluding carboxylic acids is 2. The van der Waals surface area contributed by atoms with Gasteiger partial charge in [-0.2, -0.15) is 0 Å². The van der Waals surface area contributed by atoms with Crippen LogP contribution in [0.3, 0.4) is 0 Å². The highest BCUT2D eigenvalue weighted by atomic mass is 32.1. The maximum atomic E-state index is 14.2. The highest BCUT2D eigenvalue weighted by Crippen LogP contribution is 2.41. The molecule has 3 heterocycles. The smallest absolute Gasteiger partial charge is 0.295 e. The second kappa shape index (κ2) is 8.73. The summed E-state index contributed by atoms with van der Waals surface area (Å²) in [4.78, 5) is 31.9. The third-order valence-electron chi connectivity index (χ3n) is 5.15. The number of carbonyl (C=O) groups is 2. The van der Waals surface area contributed by atoms with Crippen molar-refractivity contribution in [2.24, 2.45) is 0 Å². The number of aromatic nitrogens is 2. The number of hydrogen-bond donors (Lipinski definition) is 1. The van der Waals surface area contributed by atoms with Gasteiger partial charge in [-0.15, -0.1) is 11.3 Å². The normalized spacial score (nSPS) is 18.0. The average Bonchev–Trinajstić information content (AvgIpc) is 3.52. The summed E-state index contributed by atoms with van der Waals surface area (Å²) in [6.45, 7) is 0.947.